The Hall–Kier alpha value is -0.750. The van der Waals surface area contributed by atoms with Crippen LogP contribution in [0, 0.1) is 0 Å². The Balaban J connectivity index is 3.57. The van der Waals surface area contributed by atoms with Gasteiger partial charge in [-0.3, -0.25) is 4.79 Å². The highest BCUT2D eigenvalue weighted by Crippen LogP contribution is 2.03. The van der Waals surface area contributed by atoms with E-state index < -0.39 is 18.6 Å². The maximum absolute atomic E-state index is 11.5. The number of halogens is 2. The average molecular weight is 196 g/mol. The number of hydrogen-bond donors (Lipinski definition) is 2. The van der Waals surface area contributed by atoms with E-state index in [4.69, 9.17) is 11.5 Å². The Bertz CT molecular complexity index is 155. The third kappa shape index (κ3) is 6.41. The molecule has 0 bridgehead atoms. The molecule has 0 aromatic rings. The van der Waals surface area contributed by atoms with Crippen molar-refractivity contribution >= 4 is 5.97 Å². The van der Waals surface area contributed by atoms with E-state index in [2.05, 4.69) is 4.74 Å². The SMILES string of the molecule is NCCCC[C@H](N)C(=O)OC(F)F. The summed E-state index contributed by atoms with van der Waals surface area (Å²) in [5, 5.41) is 0. The zero-order chi connectivity index (χ0) is 10.3. The third-order valence-corrected chi connectivity index (χ3v) is 1.48. The Morgan fingerprint density at radius 1 is 1.38 bits per heavy atom. The Morgan fingerprint density at radius 2 is 2.00 bits per heavy atom. The van der Waals surface area contributed by atoms with Gasteiger partial charge in [0.15, 0.2) is 0 Å². The molecule has 0 aliphatic heterocycles. The molecule has 0 aliphatic carbocycles. The summed E-state index contributed by atoms with van der Waals surface area (Å²) in [4.78, 5) is 10.7. The van der Waals surface area contributed by atoms with Crippen molar-refractivity contribution in [3.05, 3.63) is 0 Å². The molecule has 0 spiro atoms. The van der Waals surface area contributed by atoms with Crippen LogP contribution in [0.4, 0.5) is 8.78 Å². The van der Waals surface area contributed by atoms with Crippen LogP contribution in [-0.4, -0.2) is 25.2 Å². The van der Waals surface area contributed by atoms with E-state index in [1.807, 2.05) is 0 Å². The quantitative estimate of drug-likeness (QED) is 0.470. The number of hydrogen-bond acceptors (Lipinski definition) is 4. The number of nitrogens with two attached hydrogens (primary N) is 2. The lowest BCUT2D eigenvalue weighted by molar-refractivity contribution is -0.177. The van der Waals surface area contributed by atoms with E-state index >= 15 is 0 Å². The van der Waals surface area contributed by atoms with E-state index in [1.165, 1.54) is 0 Å². The van der Waals surface area contributed by atoms with Crippen molar-refractivity contribution in [1.82, 2.24) is 0 Å². The highest BCUT2D eigenvalue weighted by Gasteiger charge is 2.18. The van der Waals surface area contributed by atoms with Gasteiger partial charge < -0.3 is 16.2 Å². The molecular weight excluding hydrogens is 182 g/mol. The van der Waals surface area contributed by atoms with Crippen LogP contribution in [0.2, 0.25) is 0 Å². The van der Waals surface area contributed by atoms with Crippen LogP contribution in [0.1, 0.15) is 19.3 Å². The molecule has 6 heteroatoms. The first-order valence-electron chi connectivity index (χ1n) is 4.02. The maximum Gasteiger partial charge on any atom is 0.389 e. The van der Waals surface area contributed by atoms with Gasteiger partial charge >= 0.3 is 12.6 Å². The fraction of sp³-hybridized carbons (Fsp3) is 0.857. The Labute approximate surface area is 75.2 Å². The van der Waals surface area contributed by atoms with Gasteiger partial charge in [-0.15, -0.1) is 0 Å². The number of rotatable bonds is 6. The molecule has 0 aromatic heterocycles. The van der Waals surface area contributed by atoms with E-state index in [1.54, 1.807) is 0 Å². The summed E-state index contributed by atoms with van der Waals surface area (Å²) in [6.07, 6.45) is 1.68. The minimum atomic E-state index is -3.09. The molecule has 13 heavy (non-hydrogen) atoms. The van der Waals surface area contributed by atoms with Crippen LogP contribution in [0.15, 0.2) is 0 Å². The molecule has 0 aromatic carbocycles. The molecule has 4 N–H and O–H groups in total. The normalized spacial score (nSPS) is 13.0. The van der Waals surface area contributed by atoms with Crippen molar-refractivity contribution in [1.29, 1.82) is 0 Å². The molecule has 0 saturated carbocycles. The number of carbonyl (C=O) groups excluding carboxylic acids is 1. The van der Waals surface area contributed by atoms with Crippen molar-refractivity contribution < 1.29 is 18.3 Å². The summed E-state index contributed by atoms with van der Waals surface area (Å²) in [6, 6.07) is -0.972. The fourth-order valence-corrected chi connectivity index (χ4v) is 0.802. The number of unbranched alkanes of at least 4 members (excludes halogenated alkanes) is 1. The minimum absolute atomic E-state index is 0.322. The van der Waals surface area contributed by atoms with E-state index in [9.17, 15) is 13.6 Å². The lowest BCUT2D eigenvalue weighted by Gasteiger charge is -2.09. The lowest BCUT2D eigenvalue weighted by atomic mass is 10.1. The van der Waals surface area contributed by atoms with Crippen LogP contribution in [0.25, 0.3) is 0 Å². The van der Waals surface area contributed by atoms with Gasteiger partial charge in [-0.05, 0) is 19.4 Å². The van der Waals surface area contributed by atoms with Crippen molar-refractivity contribution in [2.75, 3.05) is 6.54 Å². The summed E-state index contributed by atoms with van der Waals surface area (Å²) < 4.78 is 26.6. The minimum Gasteiger partial charge on any atom is -0.402 e. The molecule has 4 nitrogen and oxygen atoms in total. The van der Waals surface area contributed by atoms with E-state index in [-0.39, 0.29) is 0 Å². The predicted octanol–water partition coefficient (Wildman–Crippen LogP) is 0.209. The molecule has 78 valence electrons. The molecule has 0 amide bonds. The number of alkyl halides is 2. The molecule has 1 atom stereocenters. The third-order valence-electron chi connectivity index (χ3n) is 1.48. The Kier molecular flexibility index (Phi) is 6.34. The van der Waals surface area contributed by atoms with Crippen molar-refractivity contribution in [3.8, 4) is 0 Å². The number of ether oxygens (including phenoxy) is 1. The van der Waals surface area contributed by atoms with Crippen LogP contribution in [0.5, 0.6) is 0 Å². The highest BCUT2D eigenvalue weighted by atomic mass is 19.3. The molecular formula is C7H14F2N2O2. The number of carbonyl (C=O) groups is 1. The van der Waals surface area contributed by atoms with Gasteiger partial charge in [-0.25, -0.2) is 0 Å². The van der Waals surface area contributed by atoms with E-state index in [0.717, 1.165) is 6.42 Å². The van der Waals surface area contributed by atoms with Crippen molar-refractivity contribution in [2.24, 2.45) is 11.5 Å². The summed E-state index contributed by atoms with van der Waals surface area (Å²) in [5.74, 6) is -1.06. The summed E-state index contributed by atoms with van der Waals surface area (Å²) in [7, 11) is 0. The molecule has 0 rings (SSSR count). The van der Waals surface area contributed by atoms with Gasteiger partial charge in [0, 0.05) is 0 Å². The predicted molar refractivity (Wildman–Crippen MR) is 43.0 cm³/mol. The monoisotopic (exact) mass is 196 g/mol. The summed E-state index contributed by atoms with van der Waals surface area (Å²) >= 11 is 0. The smallest absolute Gasteiger partial charge is 0.389 e. The first-order valence-corrected chi connectivity index (χ1v) is 4.02. The zero-order valence-corrected chi connectivity index (χ0v) is 7.21. The van der Waals surface area contributed by atoms with Crippen LogP contribution in [0.3, 0.4) is 0 Å². The average Bonchev–Trinajstić information content (AvgIpc) is 2.03. The number of esters is 1. The highest BCUT2D eigenvalue weighted by molar-refractivity contribution is 5.75. The first-order chi connectivity index (χ1) is 6.07. The van der Waals surface area contributed by atoms with Gasteiger partial charge in [-0.2, -0.15) is 8.78 Å². The van der Waals surface area contributed by atoms with Gasteiger partial charge in [0.1, 0.15) is 6.04 Å². The summed E-state index contributed by atoms with van der Waals surface area (Å²) in [6.45, 7) is -2.59. The fourth-order valence-electron chi connectivity index (χ4n) is 0.802. The maximum atomic E-state index is 11.5. The standard InChI is InChI=1S/C7H14F2N2O2/c8-7(9)13-6(12)5(11)3-1-2-4-10/h5,7H,1-4,10-11H2/t5-/m0/s1. The molecule has 0 radical (unpaired) electrons. The molecule has 0 fully saturated rings. The lowest BCUT2D eigenvalue weighted by Crippen LogP contribution is -2.33. The summed E-state index contributed by atoms with van der Waals surface area (Å²) in [5.41, 5.74) is 10.5. The van der Waals surface area contributed by atoms with Crippen molar-refractivity contribution in [2.45, 2.75) is 31.9 Å². The van der Waals surface area contributed by atoms with Gasteiger partial charge in [0.05, 0.1) is 0 Å². The van der Waals surface area contributed by atoms with Crippen LogP contribution in [-0.2, 0) is 9.53 Å². The second kappa shape index (κ2) is 6.73. The molecule has 0 heterocycles. The largest absolute Gasteiger partial charge is 0.402 e. The van der Waals surface area contributed by atoms with Gasteiger partial charge in [-0.1, -0.05) is 6.42 Å². The van der Waals surface area contributed by atoms with Gasteiger partial charge in [0.2, 0.25) is 0 Å². The van der Waals surface area contributed by atoms with Crippen LogP contribution >= 0.6 is 0 Å². The molecule has 0 unspecified atom stereocenters. The zero-order valence-electron chi connectivity index (χ0n) is 7.21. The van der Waals surface area contributed by atoms with Crippen LogP contribution < -0.4 is 11.5 Å². The van der Waals surface area contributed by atoms with E-state index in [0.29, 0.717) is 19.4 Å². The molecule has 0 aliphatic rings. The second-order valence-electron chi connectivity index (χ2n) is 2.59. The Morgan fingerprint density at radius 3 is 2.46 bits per heavy atom. The van der Waals surface area contributed by atoms with Gasteiger partial charge in [0.25, 0.3) is 0 Å². The van der Waals surface area contributed by atoms with Crippen molar-refractivity contribution in [3.63, 3.8) is 0 Å². The second-order valence-corrected chi connectivity index (χ2v) is 2.59. The topological polar surface area (TPSA) is 78.3 Å². The first kappa shape index (κ1) is 12.2. The molecule has 0 saturated heterocycles.